The van der Waals surface area contributed by atoms with E-state index >= 15 is 0 Å². The third kappa shape index (κ3) is 7.08. The predicted molar refractivity (Wildman–Crippen MR) is 123 cm³/mol. The third-order valence-corrected chi connectivity index (χ3v) is 5.96. The number of tetrazole rings is 1. The van der Waals surface area contributed by atoms with Gasteiger partial charge in [-0.3, -0.25) is 19.7 Å². The molecule has 0 saturated heterocycles. The molecule has 2 atom stereocenters. The smallest absolute Gasteiger partial charge is 0.327 e. The van der Waals surface area contributed by atoms with Crippen LogP contribution in [0.25, 0.3) is 0 Å². The van der Waals surface area contributed by atoms with Crippen LogP contribution in [0, 0.1) is 5.92 Å². The Labute approximate surface area is 198 Å². The summed E-state index contributed by atoms with van der Waals surface area (Å²) in [5.41, 5.74) is 1.41. The largest absolute Gasteiger partial charge is 0.481 e. The van der Waals surface area contributed by atoms with Crippen LogP contribution < -0.4 is 10.6 Å². The number of aliphatic carboxylic acids is 1. The SMILES string of the molecule is CCOC(=O)Cn1nnnc1C(NC(CC(=O)O)C1CCCCC1)c1ccc(NC(C)=O)cc1. The quantitative estimate of drug-likeness (QED) is 0.419. The molecule has 11 nitrogen and oxygen atoms in total. The Morgan fingerprint density at radius 2 is 1.88 bits per heavy atom. The normalized spacial score (nSPS) is 15.9. The maximum absolute atomic E-state index is 12.1. The van der Waals surface area contributed by atoms with Gasteiger partial charge in [-0.05, 0) is 53.8 Å². The van der Waals surface area contributed by atoms with Gasteiger partial charge in [-0.2, -0.15) is 0 Å². The third-order valence-electron chi connectivity index (χ3n) is 5.96. The fourth-order valence-corrected chi connectivity index (χ4v) is 4.44. The van der Waals surface area contributed by atoms with Crippen LogP contribution in [-0.2, 0) is 25.7 Å². The number of hydrogen-bond donors (Lipinski definition) is 3. The highest BCUT2D eigenvalue weighted by molar-refractivity contribution is 5.88. The molecular formula is C23H32N6O5. The summed E-state index contributed by atoms with van der Waals surface area (Å²) in [4.78, 5) is 35.2. The van der Waals surface area contributed by atoms with E-state index in [0.717, 1.165) is 37.7 Å². The average molecular weight is 473 g/mol. The van der Waals surface area contributed by atoms with Crippen LogP contribution in [-0.4, -0.2) is 55.8 Å². The Bertz CT molecular complexity index is 970. The molecule has 0 bridgehead atoms. The number of aromatic nitrogens is 4. The van der Waals surface area contributed by atoms with E-state index in [1.807, 2.05) is 12.1 Å². The zero-order chi connectivity index (χ0) is 24.5. The van der Waals surface area contributed by atoms with Crippen LogP contribution >= 0.6 is 0 Å². The lowest BCUT2D eigenvalue weighted by Gasteiger charge is -2.33. The monoisotopic (exact) mass is 472 g/mol. The van der Waals surface area contributed by atoms with Gasteiger partial charge in [-0.15, -0.1) is 5.10 Å². The molecule has 3 N–H and O–H groups in total. The van der Waals surface area contributed by atoms with Crippen LogP contribution in [0.5, 0.6) is 0 Å². The van der Waals surface area contributed by atoms with Crippen molar-refractivity contribution in [3.05, 3.63) is 35.7 Å². The van der Waals surface area contributed by atoms with Crippen molar-refractivity contribution in [3.63, 3.8) is 0 Å². The maximum Gasteiger partial charge on any atom is 0.327 e. The second kappa shape index (κ2) is 12.2. The summed E-state index contributed by atoms with van der Waals surface area (Å²) >= 11 is 0. The van der Waals surface area contributed by atoms with Crippen molar-refractivity contribution in [2.75, 3.05) is 11.9 Å². The van der Waals surface area contributed by atoms with Gasteiger partial charge in [0.05, 0.1) is 19.1 Å². The first-order valence-corrected chi connectivity index (χ1v) is 11.6. The van der Waals surface area contributed by atoms with Crippen LogP contribution in [0.4, 0.5) is 5.69 Å². The van der Waals surface area contributed by atoms with Crippen LogP contribution in [0.2, 0.25) is 0 Å². The van der Waals surface area contributed by atoms with Gasteiger partial charge in [0, 0.05) is 18.7 Å². The lowest BCUT2D eigenvalue weighted by Crippen LogP contribution is -2.42. The first-order valence-electron chi connectivity index (χ1n) is 11.6. The van der Waals surface area contributed by atoms with Gasteiger partial charge in [0.1, 0.15) is 6.54 Å². The molecule has 2 aromatic rings. The van der Waals surface area contributed by atoms with Gasteiger partial charge >= 0.3 is 11.9 Å². The number of anilines is 1. The number of carboxylic acid groups (broad SMARTS) is 1. The van der Waals surface area contributed by atoms with E-state index < -0.39 is 18.0 Å². The van der Waals surface area contributed by atoms with E-state index in [4.69, 9.17) is 4.74 Å². The molecule has 34 heavy (non-hydrogen) atoms. The molecule has 0 spiro atoms. The summed E-state index contributed by atoms with van der Waals surface area (Å²) in [5, 5.41) is 27.7. The molecule has 1 saturated carbocycles. The molecular weight excluding hydrogens is 440 g/mol. The molecule has 3 rings (SSSR count). The van der Waals surface area contributed by atoms with E-state index in [1.165, 1.54) is 11.6 Å². The molecule has 0 aliphatic heterocycles. The number of nitrogens with one attached hydrogen (secondary N) is 2. The summed E-state index contributed by atoms with van der Waals surface area (Å²) in [6.45, 7) is 3.23. The van der Waals surface area contributed by atoms with Crippen molar-refractivity contribution in [1.82, 2.24) is 25.5 Å². The highest BCUT2D eigenvalue weighted by atomic mass is 16.5. The van der Waals surface area contributed by atoms with E-state index in [2.05, 4.69) is 26.2 Å². The number of ether oxygens (including phenoxy) is 1. The molecule has 0 radical (unpaired) electrons. The Hall–Kier alpha value is -3.34. The van der Waals surface area contributed by atoms with Gasteiger partial charge in [0.15, 0.2) is 5.82 Å². The van der Waals surface area contributed by atoms with Gasteiger partial charge in [0.2, 0.25) is 5.91 Å². The van der Waals surface area contributed by atoms with E-state index in [0.29, 0.717) is 11.5 Å². The summed E-state index contributed by atoms with van der Waals surface area (Å²) in [6, 6.07) is 6.30. The average Bonchev–Trinajstić information content (AvgIpc) is 3.25. The van der Waals surface area contributed by atoms with E-state index in [-0.39, 0.29) is 37.4 Å². The minimum absolute atomic E-state index is 0.0371. The lowest BCUT2D eigenvalue weighted by atomic mass is 9.82. The second-order valence-electron chi connectivity index (χ2n) is 8.51. The van der Waals surface area contributed by atoms with Crippen molar-refractivity contribution in [2.45, 2.75) is 71.0 Å². The van der Waals surface area contributed by atoms with E-state index in [1.54, 1.807) is 19.1 Å². The number of carbonyl (C=O) groups is 3. The number of amides is 1. The summed E-state index contributed by atoms with van der Waals surface area (Å²) < 4.78 is 6.41. The molecule has 2 unspecified atom stereocenters. The lowest BCUT2D eigenvalue weighted by molar-refractivity contribution is -0.144. The van der Waals surface area contributed by atoms with Crippen LogP contribution in [0.3, 0.4) is 0 Å². The van der Waals surface area contributed by atoms with Crippen molar-refractivity contribution < 1.29 is 24.2 Å². The maximum atomic E-state index is 12.1. The molecule has 1 aliphatic carbocycles. The Morgan fingerprint density at radius 3 is 2.50 bits per heavy atom. The highest BCUT2D eigenvalue weighted by Gasteiger charge is 2.31. The minimum atomic E-state index is -0.881. The molecule has 1 heterocycles. The van der Waals surface area contributed by atoms with Gasteiger partial charge in [-0.1, -0.05) is 31.4 Å². The highest BCUT2D eigenvalue weighted by Crippen LogP contribution is 2.31. The predicted octanol–water partition coefficient (Wildman–Crippen LogP) is 2.30. The Kier molecular flexibility index (Phi) is 9.08. The fraction of sp³-hybridized carbons (Fsp3) is 0.565. The number of nitrogens with zero attached hydrogens (tertiary/aromatic N) is 4. The second-order valence-corrected chi connectivity index (χ2v) is 8.51. The first-order chi connectivity index (χ1) is 16.4. The summed E-state index contributed by atoms with van der Waals surface area (Å²) in [6.07, 6.45) is 5.16. The van der Waals surface area contributed by atoms with Gasteiger partial charge in [0.25, 0.3) is 0 Å². The van der Waals surface area contributed by atoms with Crippen molar-refractivity contribution in [2.24, 2.45) is 5.92 Å². The fourth-order valence-electron chi connectivity index (χ4n) is 4.44. The molecule has 1 fully saturated rings. The minimum Gasteiger partial charge on any atom is -0.481 e. The molecule has 1 aliphatic rings. The standard InChI is InChI=1S/C23H32N6O5/c1-3-34-21(33)14-29-23(26-27-28-29)22(17-9-11-18(12-10-17)24-15(2)30)25-19(13-20(31)32)16-7-5-4-6-8-16/h9-12,16,19,22,25H,3-8,13-14H2,1-2H3,(H,24,30)(H,31,32). The summed E-state index contributed by atoms with van der Waals surface area (Å²) in [5.74, 6) is -0.939. The first kappa shape index (κ1) is 25.3. The topological polar surface area (TPSA) is 148 Å². The molecule has 11 heteroatoms. The van der Waals surface area contributed by atoms with Gasteiger partial charge in [-0.25, -0.2) is 4.68 Å². The van der Waals surface area contributed by atoms with Crippen LogP contribution in [0.1, 0.15) is 69.8 Å². The molecule has 1 aromatic carbocycles. The Morgan fingerprint density at radius 1 is 1.18 bits per heavy atom. The van der Waals surface area contributed by atoms with Gasteiger partial charge < -0.3 is 15.2 Å². The van der Waals surface area contributed by atoms with Crippen molar-refractivity contribution >= 4 is 23.5 Å². The molecule has 184 valence electrons. The van der Waals surface area contributed by atoms with Crippen LogP contribution in [0.15, 0.2) is 24.3 Å². The summed E-state index contributed by atoms with van der Waals surface area (Å²) in [7, 11) is 0. The van der Waals surface area contributed by atoms with Crippen molar-refractivity contribution in [3.8, 4) is 0 Å². The molecule has 1 amide bonds. The number of carbonyl (C=O) groups excluding carboxylic acids is 2. The number of benzene rings is 1. The number of carboxylic acids is 1. The number of hydrogen-bond acceptors (Lipinski definition) is 8. The molecule has 1 aromatic heterocycles. The number of esters is 1. The van der Waals surface area contributed by atoms with E-state index in [9.17, 15) is 19.5 Å². The number of rotatable bonds is 11. The Balaban J connectivity index is 1.94. The zero-order valence-corrected chi connectivity index (χ0v) is 19.6. The zero-order valence-electron chi connectivity index (χ0n) is 19.6. The van der Waals surface area contributed by atoms with Crippen molar-refractivity contribution in [1.29, 1.82) is 0 Å².